The minimum Gasteiger partial charge on any atom is -0.356 e. The van der Waals surface area contributed by atoms with Crippen LogP contribution in [0.2, 0.25) is 0 Å². The average molecular weight is 394 g/mol. The first-order valence-corrected chi connectivity index (χ1v) is 10.6. The van der Waals surface area contributed by atoms with Crippen LogP contribution in [0.5, 0.6) is 0 Å². The van der Waals surface area contributed by atoms with E-state index in [-0.39, 0.29) is 18.0 Å². The Morgan fingerprint density at radius 1 is 0.966 bits per heavy atom. The fourth-order valence-corrected chi connectivity index (χ4v) is 4.06. The Morgan fingerprint density at radius 3 is 2.52 bits per heavy atom. The van der Waals surface area contributed by atoms with Crippen LogP contribution >= 0.6 is 0 Å². The number of nitrogens with zero attached hydrogens (tertiary/aromatic N) is 1. The van der Waals surface area contributed by atoms with Crippen LogP contribution in [0, 0.1) is 0 Å². The zero-order valence-corrected chi connectivity index (χ0v) is 17.0. The Balaban J connectivity index is 1.30. The highest BCUT2D eigenvalue weighted by Crippen LogP contribution is 2.36. The summed E-state index contributed by atoms with van der Waals surface area (Å²) in [6, 6.07) is 18.2. The number of urea groups is 1. The van der Waals surface area contributed by atoms with Crippen molar-refractivity contribution in [1.82, 2.24) is 10.2 Å². The van der Waals surface area contributed by atoms with Crippen LogP contribution in [0.1, 0.15) is 61.3 Å². The van der Waals surface area contributed by atoms with E-state index in [1.807, 2.05) is 30.3 Å². The van der Waals surface area contributed by atoms with Gasteiger partial charge in [-0.25, -0.2) is 4.79 Å². The summed E-state index contributed by atoms with van der Waals surface area (Å²) in [5.41, 5.74) is 9.27. The molecule has 0 saturated carbocycles. The molecule has 0 bridgehead atoms. The number of amides is 3. The van der Waals surface area contributed by atoms with Crippen LogP contribution in [-0.2, 0) is 17.8 Å². The zero-order chi connectivity index (χ0) is 20.5. The van der Waals surface area contributed by atoms with Crippen LogP contribution in [-0.4, -0.2) is 23.4 Å². The van der Waals surface area contributed by atoms with Crippen molar-refractivity contribution in [2.75, 3.05) is 6.54 Å². The lowest BCUT2D eigenvalue weighted by atomic mass is 9.99. The third-order valence-electron chi connectivity index (χ3n) is 5.60. The van der Waals surface area contributed by atoms with Gasteiger partial charge in [0.25, 0.3) is 0 Å². The standard InChI is InChI=1S/C24H31N3O2/c25-24(29)27-18-20-13-7-8-14-21(20)22(27)15-5-2-6-16-23(28)26-17-9-12-19-10-3-1-4-11-19/h1,3-4,7-8,10-11,13-14,22H,2,5-6,9,12,15-18H2,(H2,25,29)(H,26,28). The van der Waals surface area contributed by atoms with Crippen molar-refractivity contribution in [3.05, 3.63) is 71.3 Å². The van der Waals surface area contributed by atoms with Crippen molar-refractivity contribution in [2.45, 2.75) is 57.5 Å². The van der Waals surface area contributed by atoms with E-state index in [1.165, 1.54) is 16.7 Å². The van der Waals surface area contributed by atoms with E-state index in [9.17, 15) is 9.59 Å². The van der Waals surface area contributed by atoms with Gasteiger partial charge in [0.2, 0.25) is 5.91 Å². The van der Waals surface area contributed by atoms with Gasteiger partial charge in [-0.05, 0) is 42.4 Å². The molecule has 2 aromatic rings. The van der Waals surface area contributed by atoms with E-state index < -0.39 is 0 Å². The van der Waals surface area contributed by atoms with E-state index in [2.05, 4.69) is 29.6 Å². The van der Waals surface area contributed by atoms with Crippen molar-refractivity contribution >= 4 is 11.9 Å². The maximum Gasteiger partial charge on any atom is 0.315 e. The molecule has 0 radical (unpaired) electrons. The van der Waals surface area contributed by atoms with Gasteiger partial charge in [0.1, 0.15) is 0 Å². The second kappa shape index (κ2) is 10.6. The third kappa shape index (κ3) is 6.08. The summed E-state index contributed by atoms with van der Waals surface area (Å²) in [6.07, 6.45) is 6.22. The zero-order valence-electron chi connectivity index (χ0n) is 17.0. The molecule has 0 aromatic heterocycles. The minimum atomic E-state index is -0.360. The molecule has 0 saturated heterocycles. The molecule has 0 fully saturated rings. The van der Waals surface area contributed by atoms with E-state index in [0.717, 1.165) is 45.1 Å². The van der Waals surface area contributed by atoms with E-state index in [4.69, 9.17) is 5.73 Å². The predicted molar refractivity (Wildman–Crippen MR) is 115 cm³/mol. The summed E-state index contributed by atoms with van der Waals surface area (Å²) in [6.45, 7) is 1.32. The molecule has 1 aliphatic rings. The van der Waals surface area contributed by atoms with Crippen LogP contribution in [0.25, 0.3) is 0 Å². The van der Waals surface area contributed by atoms with Crippen molar-refractivity contribution in [3.63, 3.8) is 0 Å². The normalized spacial score (nSPS) is 15.2. The third-order valence-corrected chi connectivity index (χ3v) is 5.60. The summed E-state index contributed by atoms with van der Waals surface area (Å²) in [5, 5.41) is 3.01. The number of fused-ring (bicyclic) bond motifs is 1. The van der Waals surface area contributed by atoms with E-state index in [1.54, 1.807) is 4.90 Å². The maximum absolute atomic E-state index is 12.0. The Kier molecular flexibility index (Phi) is 7.68. The molecule has 3 rings (SSSR count). The fraction of sp³-hybridized carbons (Fsp3) is 0.417. The number of hydrogen-bond acceptors (Lipinski definition) is 2. The van der Waals surface area contributed by atoms with Gasteiger partial charge in [-0.3, -0.25) is 4.79 Å². The number of carbonyl (C=O) groups is 2. The van der Waals surface area contributed by atoms with Gasteiger partial charge in [0, 0.05) is 19.5 Å². The quantitative estimate of drug-likeness (QED) is 0.590. The summed E-state index contributed by atoms with van der Waals surface area (Å²) < 4.78 is 0. The van der Waals surface area contributed by atoms with Gasteiger partial charge < -0.3 is 16.0 Å². The molecule has 3 N–H and O–H groups in total. The van der Waals surface area contributed by atoms with Gasteiger partial charge in [0.15, 0.2) is 0 Å². The first kappa shape index (κ1) is 20.9. The fourth-order valence-electron chi connectivity index (χ4n) is 4.06. The molecule has 1 atom stereocenters. The molecule has 29 heavy (non-hydrogen) atoms. The molecule has 154 valence electrons. The number of nitrogens with two attached hydrogens (primary N) is 1. The summed E-state index contributed by atoms with van der Waals surface area (Å²) in [4.78, 5) is 25.5. The molecule has 5 heteroatoms. The Bertz CT molecular complexity index is 807. The lowest BCUT2D eigenvalue weighted by Crippen LogP contribution is -2.34. The van der Waals surface area contributed by atoms with Crippen molar-refractivity contribution in [2.24, 2.45) is 5.73 Å². The number of primary amides is 1. The molecular formula is C24H31N3O2. The summed E-state index contributed by atoms with van der Waals surface area (Å²) in [7, 11) is 0. The van der Waals surface area contributed by atoms with Crippen LogP contribution in [0.15, 0.2) is 54.6 Å². The Hall–Kier alpha value is -2.82. The largest absolute Gasteiger partial charge is 0.356 e. The smallest absolute Gasteiger partial charge is 0.315 e. The van der Waals surface area contributed by atoms with Gasteiger partial charge in [-0.2, -0.15) is 0 Å². The number of aryl methyl sites for hydroxylation is 1. The number of unbranched alkanes of at least 4 members (excludes halogenated alkanes) is 2. The van der Waals surface area contributed by atoms with Crippen LogP contribution in [0.4, 0.5) is 4.79 Å². The number of nitrogens with one attached hydrogen (secondary N) is 1. The highest BCUT2D eigenvalue weighted by Gasteiger charge is 2.31. The molecular weight excluding hydrogens is 362 g/mol. The Labute approximate surface area is 173 Å². The highest BCUT2D eigenvalue weighted by molar-refractivity contribution is 5.75. The van der Waals surface area contributed by atoms with Crippen molar-refractivity contribution in [3.8, 4) is 0 Å². The van der Waals surface area contributed by atoms with Gasteiger partial charge in [-0.1, -0.05) is 67.4 Å². The number of hydrogen-bond donors (Lipinski definition) is 2. The lowest BCUT2D eigenvalue weighted by molar-refractivity contribution is -0.121. The second-order valence-electron chi connectivity index (χ2n) is 7.72. The first-order valence-electron chi connectivity index (χ1n) is 10.6. The van der Waals surface area contributed by atoms with Crippen LogP contribution < -0.4 is 11.1 Å². The Morgan fingerprint density at radius 2 is 1.72 bits per heavy atom. The SMILES string of the molecule is NC(=O)N1Cc2ccccc2C1CCCCCC(=O)NCCCc1ccccc1. The van der Waals surface area contributed by atoms with E-state index >= 15 is 0 Å². The topological polar surface area (TPSA) is 75.4 Å². The van der Waals surface area contributed by atoms with E-state index in [0.29, 0.717) is 13.0 Å². The first-order chi connectivity index (χ1) is 14.1. The average Bonchev–Trinajstić information content (AvgIpc) is 3.11. The second-order valence-corrected chi connectivity index (χ2v) is 7.72. The molecule has 1 aliphatic heterocycles. The molecule has 0 spiro atoms. The van der Waals surface area contributed by atoms with Gasteiger partial charge in [-0.15, -0.1) is 0 Å². The molecule has 1 unspecified atom stereocenters. The molecule has 1 heterocycles. The molecule has 2 aromatic carbocycles. The van der Waals surface area contributed by atoms with Gasteiger partial charge in [0.05, 0.1) is 6.04 Å². The minimum absolute atomic E-state index is 0.0653. The van der Waals surface area contributed by atoms with Crippen molar-refractivity contribution in [1.29, 1.82) is 0 Å². The monoisotopic (exact) mass is 393 g/mol. The molecule has 5 nitrogen and oxygen atoms in total. The van der Waals surface area contributed by atoms with Crippen molar-refractivity contribution < 1.29 is 9.59 Å². The predicted octanol–water partition coefficient (Wildman–Crippen LogP) is 4.32. The van der Waals surface area contributed by atoms with Crippen LogP contribution in [0.3, 0.4) is 0 Å². The molecule has 0 aliphatic carbocycles. The van der Waals surface area contributed by atoms with Gasteiger partial charge >= 0.3 is 6.03 Å². The summed E-state index contributed by atoms with van der Waals surface area (Å²) in [5.74, 6) is 0.128. The highest BCUT2D eigenvalue weighted by atomic mass is 16.2. The number of rotatable bonds is 10. The lowest BCUT2D eigenvalue weighted by Gasteiger charge is -2.23. The number of benzene rings is 2. The maximum atomic E-state index is 12.0. The number of carbonyl (C=O) groups excluding carboxylic acids is 2. The summed E-state index contributed by atoms with van der Waals surface area (Å²) >= 11 is 0. The molecule has 3 amide bonds.